The number of benzene rings is 2. The maximum absolute atomic E-state index is 10.1. The number of hydrogen-bond donors (Lipinski definition) is 2. The van der Waals surface area contributed by atoms with E-state index in [0.29, 0.717) is 0 Å². The number of hydrogen-bond acceptors (Lipinski definition) is 4. The molecule has 108 valence electrons. The Morgan fingerprint density at radius 2 is 1.81 bits per heavy atom. The van der Waals surface area contributed by atoms with Crippen LogP contribution in [0.15, 0.2) is 60.0 Å². The first-order valence-electron chi connectivity index (χ1n) is 6.76. The van der Waals surface area contributed by atoms with E-state index >= 15 is 0 Å². The van der Waals surface area contributed by atoms with Crippen molar-refractivity contribution in [3.05, 3.63) is 65.5 Å². The van der Waals surface area contributed by atoms with Crippen molar-refractivity contribution < 1.29 is 14.9 Å². The Morgan fingerprint density at radius 1 is 1.00 bits per heavy atom. The first-order chi connectivity index (χ1) is 10.3. The highest BCUT2D eigenvalue weighted by atomic mass is 32.1. The van der Waals surface area contributed by atoms with Crippen molar-refractivity contribution in [2.75, 3.05) is 6.61 Å². The number of thiophene rings is 1. The molecule has 0 spiro atoms. The summed E-state index contributed by atoms with van der Waals surface area (Å²) >= 11 is 1.60. The Labute approximate surface area is 127 Å². The minimum absolute atomic E-state index is 0.347. The maximum atomic E-state index is 10.1. The zero-order valence-corrected chi connectivity index (χ0v) is 12.2. The Morgan fingerprint density at radius 3 is 2.57 bits per heavy atom. The van der Waals surface area contributed by atoms with Crippen molar-refractivity contribution in [1.29, 1.82) is 0 Å². The third-order valence-corrected chi connectivity index (χ3v) is 4.31. The van der Waals surface area contributed by atoms with E-state index in [1.165, 1.54) is 0 Å². The van der Waals surface area contributed by atoms with Gasteiger partial charge in [0.1, 0.15) is 11.9 Å². The number of ether oxygens (including phenoxy) is 1. The smallest absolute Gasteiger partial charge is 0.152 e. The molecule has 0 amide bonds. The lowest BCUT2D eigenvalue weighted by atomic mass is 10.0. The summed E-state index contributed by atoms with van der Waals surface area (Å²) in [5, 5.41) is 22.5. The highest BCUT2D eigenvalue weighted by Gasteiger charge is 2.23. The SMILES string of the molecule is OC[C@@H](O)[C@@H](Oc1cccc2ccsc12)c1ccccc1. The van der Waals surface area contributed by atoms with Crippen LogP contribution >= 0.6 is 11.3 Å². The highest BCUT2D eigenvalue weighted by Crippen LogP contribution is 2.34. The fraction of sp³-hybridized carbons (Fsp3) is 0.176. The van der Waals surface area contributed by atoms with E-state index in [4.69, 9.17) is 4.74 Å². The van der Waals surface area contributed by atoms with E-state index < -0.39 is 12.2 Å². The van der Waals surface area contributed by atoms with Gasteiger partial charge in [-0.1, -0.05) is 42.5 Å². The zero-order chi connectivity index (χ0) is 14.7. The van der Waals surface area contributed by atoms with Crippen molar-refractivity contribution in [3.8, 4) is 5.75 Å². The molecular weight excluding hydrogens is 284 g/mol. The van der Waals surface area contributed by atoms with Crippen molar-refractivity contribution in [2.45, 2.75) is 12.2 Å². The normalized spacial score (nSPS) is 14.0. The zero-order valence-electron chi connectivity index (χ0n) is 11.3. The molecule has 0 saturated carbocycles. The van der Waals surface area contributed by atoms with Gasteiger partial charge in [0.05, 0.1) is 11.3 Å². The van der Waals surface area contributed by atoms with Gasteiger partial charge < -0.3 is 14.9 Å². The molecule has 1 aromatic heterocycles. The minimum Gasteiger partial charge on any atom is -0.481 e. The topological polar surface area (TPSA) is 49.7 Å². The van der Waals surface area contributed by atoms with Gasteiger partial charge in [-0.3, -0.25) is 0 Å². The molecule has 0 saturated heterocycles. The number of aliphatic hydroxyl groups is 2. The van der Waals surface area contributed by atoms with Crippen LogP contribution in [0.4, 0.5) is 0 Å². The van der Waals surface area contributed by atoms with Crippen LogP contribution in [0, 0.1) is 0 Å². The Bertz CT molecular complexity index is 708. The molecule has 2 N–H and O–H groups in total. The largest absolute Gasteiger partial charge is 0.481 e. The van der Waals surface area contributed by atoms with Gasteiger partial charge in [-0.2, -0.15) is 0 Å². The fourth-order valence-corrected chi connectivity index (χ4v) is 3.16. The van der Waals surface area contributed by atoms with Crippen LogP contribution in [0.25, 0.3) is 10.1 Å². The van der Waals surface area contributed by atoms with Crippen molar-refractivity contribution in [2.24, 2.45) is 0 Å². The van der Waals surface area contributed by atoms with Crippen LogP contribution in [-0.4, -0.2) is 22.9 Å². The summed E-state index contributed by atoms with van der Waals surface area (Å²) in [6.07, 6.45) is -1.56. The number of rotatable bonds is 5. The van der Waals surface area contributed by atoms with Crippen molar-refractivity contribution in [3.63, 3.8) is 0 Å². The maximum Gasteiger partial charge on any atom is 0.152 e. The molecule has 0 aliphatic rings. The van der Waals surface area contributed by atoms with Crippen LogP contribution in [0.2, 0.25) is 0 Å². The summed E-state index contributed by atoms with van der Waals surface area (Å²) in [5.74, 6) is 0.726. The lowest BCUT2D eigenvalue weighted by molar-refractivity contribution is -0.00116. The first-order valence-corrected chi connectivity index (χ1v) is 7.64. The lowest BCUT2D eigenvalue weighted by Gasteiger charge is -2.23. The van der Waals surface area contributed by atoms with Gasteiger partial charge in [-0.25, -0.2) is 0 Å². The molecule has 3 nitrogen and oxygen atoms in total. The molecule has 0 bridgehead atoms. The predicted molar refractivity (Wildman–Crippen MR) is 84.7 cm³/mol. The summed E-state index contributed by atoms with van der Waals surface area (Å²) in [5.41, 5.74) is 0.840. The van der Waals surface area contributed by atoms with Crippen LogP contribution in [-0.2, 0) is 0 Å². The van der Waals surface area contributed by atoms with E-state index in [1.807, 2.05) is 60.0 Å². The minimum atomic E-state index is -0.970. The Kier molecular flexibility index (Phi) is 4.20. The Balaban J connectivity index is 1.97. The summed E-state index contributed by atoms with van der Waals surface area (Å²) in [4.78, 5) is 0. The molecule has 0 aliphatic heterocycles. The molecule has 2 aromatic carbocycles. The average Bonchev–Trinajstić information content (AvgIpc) is 3.02. The molecule has 2 atom stereocenters. The molecule has 0 radical (unpaired) electrons. The predicted octanol–water partition coefficient (Wildman–Crippen LogP) is 3.37. The molecular formula is C17H16O3S. The third kappa shape index (κ3) is 2.93. The summed E-state index contributed by atoms with van der Waals surface area (Å²) in [7, 11) is 0. The molecule has 1 heterocycles. The van der Waals surface area contributed by atoms with Crippen LogP contribution in [0.5, 0.6) is 5.75 Å². The van der Waals surface area contributed by atoms with E-state index in [0.717, 1.165) is 21.4 Å². The van der Waals surface area contributed by atoms with Crippen LogP contribution < -0.4 is 4.74 Å². The van der Waals surface area contributed by atoms with Crippen molar-refractivity contribution >= 4 is 21.4 Å². The summed E-state index contributed by atoms with van der Waals surface area (Å²) in [6.45, 7) is -0.347. The van der Waals surface area contributed by atoms with Crippen molar-refractivity contribution in [1.82, 2.24) is 0 Å². The van der Waals surface area contributed by atoms with Gasteiger partial charge >= 0.3 is 0 Å². The van der Waals surface area contributed by atoms with Gasteiger partial charge in [-0.05, 0) is 28.5 Å². The van der Waals surface area contributed by atoms with Gasteiger partial charge in [0.2, 0.25) is 0 Å². The van der Waals surface area contributed by atoms with Gasteiger partial charge in [0.25, 0.3) is 0 Å². The van der Waals surface area contributed by atoms with Crippen LogP contribution in [0.1, 0.15) is 11.7 Å². The van der Waals surface area contributed by atoms with E-state index in [9.17, 15) is 10.2 Å². The van der Waals surface area contributed by atoms with Gasteiger partial charge in [0, 0.05) is 0 Å². The number of fused-ring (bicyclic) bond motifs is 1. The average molecular weight is 300 g/mol. The van der Waals surface area contributed by atoms with Gasteiger partial charge in [0.15, 0.2) is 6.10 Å². The second kappa shape index (κ2) is 6.26. The summed E-state index contributed by atoms with van der Waals surface area (Å²) < 4.78 is 7.07. The molecule has 0 aliphatic carbocycles. The molecule has 4 heteroatoms. The van der Waals surface area contributed by atoms with E-state index in [-0.39, 0.29) is 6.61 Å². The summed E-state index contributed by atoms with van der Waals surface area (Å²) in [6, 6.07) is 17.3. The lowest BCUT2D eigenvalue weighted by Crippen LogP contribution is -2.27. The second-order valence-electron chi connectivity index (χ2n) is 4.79. The fourth-order valence-electron chi connectivity index (χ4n) is 2.30. The third-order valence-electron chi connectivity index (χ3n) is 3.36. The van der Waals surface area contributed by atoms with E-state index in [2.05, 4.69) is 0 Å². The Hall–Kier alpha value is -1.88. The molecule has 21 heavy (non-hydrogen) atoms. The first kappa shape index (κ1) is 14.1. The highest BCUT2D eigenvalue weighted by molar-refractivity contribution is 7.17. The van der Waals surface area contributed by atoms with Gasteiger partial charge in [-0.15, -0.1) is 11.3 Å². The number of aliphatic hydroxyl groups excluding tert-OH is 2. The molecule has 0 fully saturated rings. The van der Waals surface area contributed by atoms with Crippen LogP contribution in [0.3, 0.4) is 0 Å². The van der Waals surface area contributed by atoms with E-state index in [1.54, 1.807) is 11.3 Å². The molecule has 3 aromatic rings. The standard InChI is InChI=1S/C17H16O3S/c18-11-14(19)16(12-5-2-1-3-6-12)20-15-8-4-7-13-9-10-21-17(13)15/h1-10,14,16,18-19H,11H2/t14-,16+/m1/s1. The monoisotopic (exact) mass is 300 g/mol. The molecule has 0 unspecified atom stereocenters. The second-order valence-corrected chi connectivity index (χ2v) is 5.71. The quantitative estimate of drug-likeness (QED) is 0.759. The molecule has 3 rings (SSSR count).